The van der Waals surface area contributed by atoms with E-state index >= 15 is 0 Å². The van der Waals surface area contributed by atoms with E-state index in [0.29, 0.717) is 18.6 Å². The van der Waals surface area contributed by atoms with E-state index in [0.717, 1.165) is 11.6 Å². The van der Waals surface area contributed by atoms with Crippen LogP contribution in [0.4, 0.5) is 0 Å². The van der Waals surface area contributed by atoms with Gasteiger partial charge in [0.25, 0.3) is 0 Å². The van der Waals surface area contributed by atoms with Gasteiger partial charge in [-0.15, -0.1) is 0 Å². The molecule has 0 aromatic rings. The average molecular weight is 166 g/mol. The molecule has 12 heavy (non-hydrogen) atoms. The van der Waals surface area contributed by atoms with E-state index in [-0.39, 0.29) is 0 Å². The fourth-order valence-corrected chi connectivity index (χ4v) is 0.960. The third-order valence-electron chi connectivity index (χ3n) is 1.60. The number of aliphatic carboxylic acids is 1. The standard InChI is InChI=1S/C9H10O3/c10-8-4-1-7(2-5-8)3-6-9(11)12/h1,3-4,6,10H,2,5H2,(H,11,12)/b6-3+. The van der Waals surface area contributed by atoms with E-state index in [1.165, 1.54) is 0 Å². The molecule has 64 valence electrons. The van der Waals surface area contributed by atoms with Gasteiger partial charge in [-0.05, 0) is 18.1 Å². The van der Waals surface area contributed by atoms with Gasteiger partial charge in [0.2, 0.25) is 0 Å². The van der Waals surface area contributed by atoms with Crippen LogP contribution in [-0.2, 0) is 4.79 Å². The van der Waals surface area contributed by atoms with Crippen LogP contribution in [-0.4, -0.2) is 16.2 Å². The molecule has 3 nitrogen and oxygen atoms in total. The molecule has 0 spiro atoms. The van der Waals surface area contributed by atoms with Crippen LogP contribution in [0.3, 0.4) is 0 Å². The monoisotopic (exact) mass is 166 g/mol. The van der Waals surface area contributed by atoms with Gasteiger partial charge in [-0.3, -0.25) is 0 Å². The molecule has 1 aliphatic rings. The van der Waals surface area contributed by atoms with Crippen molar-refractivity contribution >= 4 is 5.97 Å². The van der Waals surface area contributed by atoms with Crippen LogP contribution in [0.2, 0.25) is 0 Å². The van der Waals surface area contributed by atoms with Gasteiger partial charge >= 0.3 is 5.97 Å². The molecular formula is C9H10O3. The first-order valence-electron chi connectivity index (χ1n) is 3.68. The van der Waals surface area contributed by atoms with Crippen LogP contribution in [0.15, 0.2) is 35.6 Å². The number of allylic oxidation sites excluding steroid dienone is 5. The highest BCUT2D eigenvalue weighted by Crippen LogP contribution is 2.16. The van der Waals surface area contributed by atoms with Crippen molar-refractivity contribution in [2.75, 3.05) is 0 Å². The summed E-state index contributed by atoms with van der Waals surface area (Å²) in [7, 11) is 0. The van der Waals surface area contributed by atoms with E-state index in [2.05, 4.69) is 0 Å². The van der Waals surface area contributed by atoms with Crippen LogP contribution >= 0.6 is 0 Å². The highest BCUT2D eigenvalue weighted by atomic mass is 16.4. The van der Waals surface area contributed by atoms with Gasteiger partial charge in [-0.25, -0.2) is 4.79 Å². The van der Waals surface area contributed by atoms with E-state index < -0.39 is 5.97 Å². The summed E-state index contributed by atoms with van der Waals surface area (Å²) in [6.45, 7) is 0. The van der Waals surface area contributed by atoms with Gasteiger partial charge in [-0.2, -0.15) is 0 Å². The predicted molar refractivity (Wildman–Crippen MR) is 44.8 cm³/mol. The Labute approximate surface area is 70.3 Å². The first kappa shape index (κ1) is 8.59. The summed E-state index contributed by atoms with van der Waals surface area (Å²) < 4.78 is 0. The normalized spacial score (nSPS) is 17.3. The molecule has 3 heteroatoms. The number of carboxylic acid groups (broad SMARTS) is 1. The lowest BCUT2D eigenvalue weighted by Crippen LogP contribution is -1.92. The Kier molecular flexibility index (Phi) is 2.69. The van der Waals surface area contributed by atoms with Crippen molar-refractivity contribution in [2.45, 2.75) is 12.8 Å². The van der Waals surface area contributed by atoms with Gasteiger partial charge in [-0.1, -0.05) is 12.2 Å². The fourth-order valence-electron chi connectivity index (χ4n) is 0.960. The van der Waals surface area contributed by atoms with E-state index in [1.54, 1.807) is 18.2 Å². The second-order valence-electron chi connectivity index (χ2n) is 2.57. The molecule has 0 aromatic carbocycles. The summed E-state index contributed by atoms with van der Waals surface area (Å²) >= 11 is 0. The molecule has 0 atom stereocenters. The van der Waals surface area contributed by atoms with Crippen LogP contribution in [0.5, 0.6) is 0 Å². The maximum atomic E-state index is 10.1. The number of rotatable bonds is 2. The number of aliphatic hydroxyl groups is 1. The molecule has 1 aliphatic carbocycles. The van der Waals surface area contributed by atoms with Crippen molar-refractivity contribution in [1.29, 1.82) is 0 Å². The molecule has 0 saturated heterocycles. The second kappa shape index (κ2) is 3.76. The first-order valence-corrected chi connectivity index (χ1v) is 3.68. The number of carboxylic acids is 1. The van der Waals surface area contributed by atoms with Crippen molar-refractivity contribution in [2.24, 2.45) is 0 Å². The Hall–Kier alpha value is -1.51. The quantitative estimate of drug-likeness (QED) is 0.615. The minimum Gasteiger partial charge on any atom is -0.512 e. The highest BCUT2D eigenvalue weighted by molar-refractivity contribution is 5.80. The van der Waals surface area contributed by atoms with Crippen molar-refractivity contribution < 1.29 is 15.0 Å². The molecule has 0 radical (unpaired) electrons. The summed E-state index contributed by atoms with van der Waals surface area (Å²) in [6.07, 6.45) is 7.25. The maximum absolute atomic E-state index is 10.1. The largest absolute Gasteiger partial charge is 0.512 e. The lowest BCUT2D eigenvalue weighted by molar-refractivity contribution is -0.131. The minimum atomic E-state index is -0.949. The predicted octanol–water partition coefficient (Wildman–Crippen LogP) is 1.79. The molecule has 0 bridgehead atoms. The lowest BCUT2D eigenvalue weighted by atomic mass is 10.0. The number of carbonyl (C=O) groups is 1. The SMILES string of the molecule is O=C(O)/C=C/C1=CC=C(O)CC1. The Morgan fingerprint density at radius 1 is 1.42 bits per heavy atom. The van der Waals surface area contributed by atoms with E-state index in [1.807, 2.05) is 0 Å². The minimum absolute atomic E-state index is 0.350. The molecule has 0 amide bonds. The maximum Gasteiger partial charge on any atom is 0.328 e. The highest BCUT2D eigenvalue weighted by Gasteiger charge is 2.01. The van der Waals surface area contributed by atoms with Gasteiger partial charge in [0.15, 0.2) is 0 Å². The van der Waals surface area contributed by atoms with Crippen LogP contribution < -0.4 is 0 Å². The van der Waals surface area contributed by atoms with Crippen molar-refractivity contribution in [1.82, 2.24) is 0 Å². The van der Waals surface area contributed by atoms with Gasteiger partial charge in [0.05, 0.1) is 5.76 Å². The Morgan fingerprint density at radius 3 is 2.67 bits per heavy atom. The number of hydrogen-bond acceptors (Lipinski definition) is 2. The topological polar surface area (TPSA) is 57.5 Å². The summed E-state index contributed by atoms with van der Waals surface area (Å²) in [5.41, 5.74) is 0.926. The second-order valence-corrected chi connectivity index (χ2v) is 2.57. The summed E-state index contributed by atoms with van der Waals surface area (Å²) in [5, 5.41) is 17.3. The molecule has 0 fully saturated rings. The van der Waals surface area contributed by atoms with Gasteiger partial charge in [0.1, 0.15) is 0 Å². The fraction of sp³-hybridized carbons (Fsp3) is 0.222. The zero-order valence-corrected chi connectivity index (χ0v) is 6.53. The first-order chi connectivity index (χ1) is 5.68. The molecular weight excluding hydrogens is 156 g/mol. The summed E-state index contributed by atoms with van der Waals surface area (Å²) in [4.78, 5) is 10.1. The summed E-state index contributed by atoms with van der Waals surface area (Å²) in [5.74, 6) is -0.600. The Balaban J connectivity index is 2.60. The number of hydrogen-bond donors (Lipinski definition) is 2. The molecule has 0 saturated carbocycles. The Morgan fingerprint density at radius 2 is 2.17 bits per heavy atom. The average Bonchev–Trinajstić information content (AvgIpc) is 2.03. The van der Waals surface area contributed by atoms with Crippen molar-refractivity contribution in [3.05, 3.63) is 35.6 Å². The molecule has 2 N–H and O–H groups in total. The van der Waals surface area contributed by atoms with Crippen LogP contribution in [0.25, 0.3) is 0 Å². The van der Waals surface area contributed by atoms with Gasteiger partial charge < -0.3 is 10.2 Å². The van der Waals surface area contributed by atoms with Crippen molar-refractivity contribution in [3.63, 3.8) is 0 Å². The molecule has 1 rings (SSSR count). The summed E-state index contributed by atoms with van der Waals surface area (Å²) in [6, 6.07) is 0. The van der Waals surface area contributed by atoms with Crippen LogP contribution in [0, 0.1) is 0 Å². The molecule has 0 aromatic heterocycles. The smallest absolute Gasteiger partial charge is 0.328 e. The number of aliphatic hydroxyl groups excluding tert-OH is 1. The van der Waals surface area contributed by atoms with Crippen molar-refractivity contribution in [3.8, 4) is 0 Å². The molecule has 0 unspecified atom stereocenters. The third kappa shape index (κ3) is 2.62. The molecule has 0 heterocycles. The zero-order chi connectivity index (χ0) is 8.97. The van der Waals surface area contributed by atoms with E-state index in [9.17, 15) is 4.79 Å². The zero-order valence-electron chi connectivity index (χ0n) is 6.53. The Bertz CT molecular complexity index is 271. The lowest BCUT2D eigenvalue weighted by Gasteiger charge is -2.05. The third-order valence-corrected chi connectivity index (χ3v) is 1.60. The van der Waals surface area contributed by atoms with Crippen LogP contribution in [0.1, 0.15) is 12.8 Å². The van der Waals surface area contributed by atoms with Gasteiger partial charge in [0, 0.05) is 12.5 Å². The molecule has 0 aliphatic heterocycles. The van der Waals surface area contributed by atoms with E-state index in [4.69, 9.17) is 10.2 Å².